The summed E-state index contributed by atoms with van der Waals surface area (Å²) in [7, 11) is 0. The van der Waals surface area contributed by atoms with Gasteiger partial charge in [-0.1, -0.05) is 18.2 Å². The fourth-order valence-corrected chi connectivity index (χ4v) is 2.69. The first kappa shape index (κ1) is 13.2. The summed E-state index contributed by atoms with van der Waals surface area (Å²) in [6.45, 7) is 3.37. The Balaban J connectivity index is 1.82. The molecule has 0 spiro atoms. The molecule has 4 heteroatoms. The number of carbonyl (C=O) groups is 1. The van der Waals surface area contributed by atoms with E-state index in [1.807, 2.05) is 25.1 Å². The van der Waals surface area contributed by atoms with Crippen LogP contribution in [0.25, 0.3) is 11.0 Å². The Bertz CT molecular complexity index is 628. The first-order valence-corrected chi connectivity index (χ1v) is 7.08. The van der Waals surface area contributed by atoms with Gasteiger partial charge in [-0.25, -0.2) is 0 Å². The molecule has 1 aliphatic carbocycles. The van der Waals surface area contributed by atoms with E-state index >= 15 is 0 Å². The highest BCUT2D eigenvalue weighted by Crippen LogP contribution is 2.32. The number of aryl methyl sites for hydroxylation is 1. The number of furan rings is 1. The summed E-state index contributed by atoms with van der Waals surface area (Å²) in [5.74, 6) is 0.205. The Hall–Kier alpha value is -1.81. The van der Waals surface area contributed by atoms with Crippen LogP contribution in [0.15, 0.2) is 28.7 Å². The van der Waals surface area contributed by atoms with Gasteiger partial charge in [0, 0.05) is 30.1 Å². The van der Waals surface area contributed by atoms with E-state index in [1.54, 1.807) is 0 Å². The summed E-state index contributed by atoms with van der Waals surface area (Å²) >= 11 is 0. The number of hydrogen-bond acceptors (Lipinski definition) is 3. The number of carboxylic acid groups (broad SMARTS) is 1. The average Bonchev–Trinajstić information content (AvgIpc) is 3.20. The molecule has 0 aliphatic heterocycles. The molecular formula is C16H19NO3. The van der Waals surface area contributed by atoms with Crippen molar-refractivity contribution < 1.29 is 14.3 Å². The van der Waals surface area contributed by atoms with Crippen LogP contribution in [0.4, 0.5) is 0 Å². The lowest BCUT2D eigenvalue weighted by molar-refractivity contribution is -0.137. The van der Waals surface area contributed by atoms with Crippen molar-refractivity contribution in [2.45, 2.75) is 38.8 Å². The van der Waals surface area contributed by atoms with Crippen LogP contribution in [-0.2, 0) is 11.3 Å². The lowest BCUT2D eigenvalue weighted by Crippen LogP contribution is -2.28. The van der Waals surface area contributed by atoms with Gasteiger partial charge in [0.2, 0.25) is 0 Å². The van der Waals surface area contributed by atoms with Crippen molar-refractivity contribution in [1.82, 2.24) is 4.90 Å². The fourth-order valence-electron chi connectivity index (χ4n) is 2.69. The smallest absolute Gasteiger partial charge is 0.304 e. The zero-order valence-corrected chi connectivity index (χ0v) is 11.6. The second-order valence-electron chi connectivity index (χ2n) is 5.48. The van der Waals surface area contributed by atoms with Gasteiger partial charge in [0.25, 0.3) is 0 Å². The SMILES string of the molecule is Cc1oc2ccccc2c1CN(CCC(=O)O)C1CC1. The van der Waals surface area contributed by atoms with E-state index in [0.717, 1.165) is 23.3 Å². The normalized spacial score (nSPS) is 15.1. The molecule has 1 aromatic carbocycles. The molecule has 0 bridgehead atoms. The molecular weight excluding hydrogens is 254 g/mol. The number of fused-ring (bicyclic) bond motifs is 1. The number of hydrogen-bond donors (Lipinski definition) is 1. The van der Waals surface area contributed by atoms with Crippen molar-refractivity contribution in [2.24, 2.45) is 0 Å². The molecule has 106 valence electrons. The maximum absolute atomic E-state index is 10.8. The summed E-state index contributed by atoms with van der Waals surface area (Å²) in [4.78, 5) is 13.1. The van der Waals surface area contributed by atoms with Crippen LogP contribution in [0.1, 0.15) is 30.6 Å². The highest BCUT2D eigenvalue weighted by molar-refractivity contribution is 5.82. The molecule has 0 atom stereocenters. The number of para-hydroxylation sites is 1. The van der Waals surface area contributed by atoms with Crippen LogP contribution in [0, 0.1) is 6.92 Å². The van der Waals surface area contributed by atoms with E-state index in [4.69, 9.17) is 9.52 Å². The number of benzene rings is 1. The molecule has 1 saturated carbocycles. The molecule has 0 unspecified atom stereocenters. The Morgan fingerprint density at radius 2 is 2.15 bits per heavy atom. The Morgan fingerprint density at radius 1 is 1.40 bits per heavy atom. The Kier molecular flexibility index (Phi) is 3.49. The molecule has 2 aromatic rings. The highest BCUT2D eigenvalue weighted by Gasteiger charge is 2.30. The summed E-state index contributed by atoms with van der Waals surface area (Å²) < 4.78 is 5.78. The lowest BCUT2D eigenvalue weighted by atomic mass is 10.1. The van der Waals surface area contributed by atoms with Crippen LogP contribution in [-0.4, -0.2) is 28.6 Å². The van der Waals surface area contributed by atoms with E-state index in [9.17, 15) is 4.79 Å². The molecule has 1 heterocycles. The van der Waals surface area contributed by atoms with E-state index < -0.39 is 5.97 Å². The molecule has 0 amide bonds. The minimum Gasteiger partial charge on any atom is -0.481 e. The summed E-state index contributed by atoms with van der Waals surface area (Å²) in [5, 5.41) is 10.0. The Labute approximate surface area is 118 Å². The molecule has 1 fully saturated rings. The molecule has 3 rings (SSSR count). The maximum atomic E-state index is 10.8. The third-order valence-electron chi connectivity index (χ3n) is 3.94. The first-order valence-electron chi connectivity index (χ1n) is 7.08. The molecule has 20 heavy (non-hydrogen) atoms. The van der Waals surface area contributed by atoms with E-state index in [-0.39, 0.29) is 6.42 Å². The van der Waals surface area contributed by atoms with Gasteiger partial charge in [-0.2, -0.15) is 0 Å². The first-order chi connectivity index (χ1) is 9.65. The zero-order chi connectivity index (χ0) is 14.1. The monoisotopic (exact) mass is 273 g/mol. The summed E-state index contributed by atoms with van der Waals surface area (Å²) in [6, 6.07) is 8.58. The van der Waals surface area contributed by atoms with Crippen molar-refractivity contribution in [2.75, 3.05) is 6.54 Å². The van der Waals surface area contributed by atoms with Gasteiger partial charge in [0.1, 0.15) is 11.3 Å². The maximum Gasteiger partial charge on any atom is 0.304 e. The van der Waals surface area contributed by atoms with Gasteiger partial charge in [0.05, 0.1) is 6.42 Å². The molecule has 0 saturated heterocycles. The van der Waals surface area contributed by atoms with Gasteiger partial charge in [-0.15, -0.1) is 0 Å². The Morgan fingerprint density at radius 3 is 2.85 bits per heavy atom. The van der Waals surface area contributed by atoms with Crippen molar-refractivity contribution in [1.29, 1.82) is 0 Å². The quantitative estimate of drug-likeness (QED) is 0.878. The minimum atomic E-state index is -0.732. The standard InChI is InChI=1S/C16H19NO3/c1-11-14(13-4-2-3-5-15(13)20-11)10-17(12-6-7-12)9-8-16(18)19/h2-5,12H,6-10H2,1H3,(H,18,19). The van der Waals surface area contributed by atoms with Crippen LogP contribution < -0.4 is 0 Å². The fraction of sp³-hybridized carbons (Fsp3) is 0.438. The zero-order valence-electron chi connectivity index (χ0n) is 11.6. The number of rotatable bonds is 6. The topological polar surface area (TPSA) is 53.7 Å². The van der Waals surface area contributed by atoms with Crippen LogP contribution in [0.5, 0.6) is 0 Å². The largest absolute Gasteiger partial charge is 0.481 e. The van der Waals surface area contributed by atoms with Gasteiger partial charge < -0.3 is 9.52 Å². The lowest BCUT2D eigenvalue weighted by Gasteiger charge is -2.20. The number of aliphatic carboxylic acids is 1. The van der Waals surface area contributed by atoms with Gasteiger partial charge in [-0.3, -0.25) is 9.69 Å². The van der Waals surface area contributed by atoms with E-state index in [0.29, 0.717) is 12.6 Å². The number of carboxylic acids is 1. The summed E-state index contributed by atoms with van der Waals surface area (Å²) in [6.07, 6.45) is 2.55. The van der Waals surface area contributed by atoms with Crippen LogP contribution in [0.3, 0.4) is 0 Å². The van der Waals surface area contributed by atoms with Gasteiger partial charge in [-0.05, 0) is 25.8 Å². The second-order valence-corrected chi connectivity index (χ2v) is 5.48. The van der Waals surface area contributed by atoms with Gasteiger partial charge in [0.15, 0.2) is 0 Å². The van der Waals surface area contributed by atoms with Crippen molar-refractivity contribution in [3.63, 3.8) is 0 Å². The van der Waals surface area contributed by atoms with Crippen LogP contribution in [0.2, 0.25) is 0 Å². The third kappa shape index (κ3) is 2.70. The van der Waals surface area contributed by atoms with Crippen molar-refractivity contribution in [3.05, 3.63) is 35.6 Å². The molecule has 1 aromatic heterocycles. The van der Waals surface area contributed by atoms with Crippen molar-refractivity contribution in [3.8, 4) is 0 Å². The van der Waals surface area contributed by atoms with Crippen molar-refractivity contribution >= 4 is 16.9 Å². The molecule has 1 aliphatic rings. The van der Waals surface area contributed by atoms with Crippen LogP contribution >= 0.6 is 0 Å². The number of nitrogens with zero attached hydrogens (tertiary/aromatic N) is 1. The van der Waals surface area contributed by atoms with E-state index in [1.165, 1.54) is 18.4 Å². The highest BCUT2D eigenvalue weighted by atomic mass is 16.4. The average molecular weight is 273 g/mol. The molecule has 1 N–H and O–H groups in total. The van der Waals surface area contributed by atoms with Gasteiger partial charge >= 0.3 is 5.97 Å². The summed E-state index contributed by atoms with van der Waals surface area (Å²) in [5.41, 5.74) is 2.10. The predicted octanol–water partition coefficient (Wildman–Crippen LogP) is 3.18. The minimum absolute atomic E-state index is 0.200. The second kappa shape index (κ2) is 5.29. The predicted molar refractivity (Wildman–Crippen MR) is 76.6 cm³/mol. The molecule has 0 radical (unpaired) electrons. The van der Waals surface area contributed by atoms with E-state index in [2.05, 4.69) is 11.0 Å². The third-order valence-corrected chi connectivity index (χ3v) is 3.94. The molecule has 4 nitrogen and oxygen atoms in total.